The fraction of sp³-hybridized carbons (Fsp3) is 0.235. The molecule has 7 heteroatoms. The van der Waals surface area contributed by atoms with Crippen LogP contribution in [0.4, 0.5) is 4.79 Å². The van der Waals surface area contributed by atoms with Gasteiger partial charge in [-0.05, 0) is 42.3 Å². The minimum absolute atomic E-state index is 0.180. The number of rotatable bonds is 4. The van der Waals surface area contributed by atoms with Crippen LogP contribution in [-0.4, -0.2) is 12.8 Å². The first kappa shape index (κ1) is 16.7. The molecule has 0 fully saturated rings. The number of benzene rings is 2. The summed E-state index contributed by atoms with van der Waals surface area (Å²) >= 11 is 11.9. The molecule has 3 rings (SSSR count). The van der Waals surface area contributed by atoms with Crippen LogP contribution in [0.2, 0.25) is 10.0 Å². The van der Waals surface area contributed by atoms with Gasteiger partial charge in [0, 0.05) is 16.6 Å². The van der Waals surface area contributed by atoms with Gasteiger partial charge in [0.1, 0.15) is 0 Å². The molecule has 0 spiro atoms. The molecule has 0 saturated heterocycles. The lowest BCUT2D eigenvalue weighted by atomic mass is 10.1. The summed E-state index contributed by atoms with van der Waals surface area (Å²) in [5, 5.41) is 6.73. The highest BCUT2D eigenvalue weighted by atomic mass is 35.5. The minimum Gasteiger partial charge on any atom is -0.454 e. The lowest BCUT2D eigenvalue weighted by Crippen LogP contribution is -2.36. The van der Waals surface area contributed by atoms with Gasteiger partial charge in [0.15, 0.2) is 11.5 Å². The predicted octanol–water partition coefficient (Wildman–Crippen LogP) is 4.28. The van der Waals surface area contributed by atoms with Crippen LogP contribution in [0, 0.1) is 0 Å². The molecular weight excluding hydrogens is 351 g/mol. The maximum Gasteiger partial charge on any atom is 0.315 e. The summed E-state index contributed by atoms with van der Waals surface area (Å²) in [5.41, 5.74) is 1.73. The third-order valence-corrected chi connectivity index (χ3v) is 4.29. The van der Waals surface area contributed by atoms with Crippen molar-refractivity contribution < 1.29 is 14.3 Å². The minimum atomic E-state index is -0.286. The number of carbonyl (C=O) groups is 1. The van der Waals surface area contributed by atoms with Crippen molar-refractivity contribution in [2.45, 2.75) is 19.5 Å². The second-order valence-electron chi connectivity index (χ2n) is 5.40. The lowest BCUT2D eigenvalue weighted by molar-refractivity contribution is 0.174. The molecule has 2 aromatic rings. The van der Waals surface area contributed by atoms with Gasteiger partial charge in [-0.25, -0.2) is 4.79 Å². The molecular formula is C17H16Cl2N2O3. The Morgan fingerprint density at radius 2 is 1.96 bits per heavy atom. The van der Waals surface area contributed by atoms with Gasteiger partial charge in [-0.3, -0.25) is 0 Å². The molecule has 126 valence electrons. The monoisotopic (exact) mass is 366 g/mol. The SMILES string of the molecule is CC(NC(=O)NCc1ccc(Cl)cc1Cl)c1ccc2c(c1)OCO2. The molecule has 5 nitrogen and oxygen atoms in total. The van der Waals surface area contributed by atoms with Crippen LogP contribution in [0.1, 0.15) is 24.1 Å². The summed E-state index contributed by atoms with van der Waals surface area (Å²) in [4.78, 5) is 12.1. The Balaban J connectivity index is 1.56. The third-order valence-electron chi connectivity index (χ3n) is 3.70. The van der Waals surface area contributed by atoms with Crippen LogP contribution in [-0.2, 0) is 6.54 Å². The van der Waals surface area contributed by atoms with Crippen LogP contribution < -0.4 is 20.1 Å². The molecule has 24 heavy (non-hydrogen) atoms. The molecule has 2 N–H and O–H groups in total. The molecule has 0 radical (unpaired) electrons. The van der Waals surface area contributed by atoms with E-state index in [1.807, 2.05) is 25.1 Å². The zero-order valence-electron chi connectivity index (χ0n) is 12.9. The highest BCUT2D eigenvalue weighted by molar-refractivity contribution is 6.35. The van der Waals surface area contributed by atoms with Gasteiger partial charge in [-0.1, -0.05) is 35.3 Å². The summed E-state index contributed by atoms with van der Waals surface area (Å²) in [6.07, 6.45) is 0. The molecule has 2 aromatic carbocycles. The number of hydrogen-bond donors (Lipinski definition) is 2. The normalized spacial score (nSPS) is 13.5. The molecule has 0 saturated carbocycles. The molecule has 0 bridgehead atoms. The van der Waals surface area contributed by atoms with Crippen LogP contribution in [0.3, 0.4) is 0 Å². The topological polar surface area (TPSA) is 59.6 Å². The molecule has 1 aliphatic rings. The molecule has 1 aliphatic heterocycles. The van der Waals surface area contributed by atoms with Gasteiger partial charge < -0.3 is 20.1 Å². The van der Waals surface area contributed by atoms with Gasteiger partial charge in [0.25, 0.3) is 0 Å². The van der Waals surface area contributed by atoms with Crippen molar-refractivity contribution in [1.82, 2.24) is 10.6 Å². The Hall–Kier alpha value is -2.11. The van der Waals surface area contributed by atoms with E-state index in [-0.39, 0.29) is 18.9 Å². The van der Waals surface area contributed by atoms with Crippen LogP contribution >= 0.6 is 23.2 Å². The molecule has 2 amide bonds. The van der Waals surface area contributed by atoms with E-state index in [9.17, 15) is 4.79 Å². The van der Waals surface area contributed by atoms with Crippen LogP contribution in [0.5, 0.6) is 11.5 Å². The van der Waals surface area contributed by atoms with Crippen molar-refractivity contribution in [3.05, 3.63) is 57.6 Å². The Labute approximate surface area is 149 Å². The zero-order chi connectivity index (χ0) is 17.1. The van der Waals surface area contributed by atoms with Gasteiger partial charge in [-0.15, -0.1) is 0 Å². The highest BCUT2D eigenvalue weighted by Crippen LogP contribution is 2.34. The number of fused-ring (bicyclic) bond motifs is 1. The summed E-state index contributed by atoms with van der Waals surface area (Å²) in [6, 6.07) is 10.3. The van der Waals surface area contributed by atoms with E-state index in [0.29, 0.717) is 28.1 Å². The number of amides is 2. The van der Waals surface area contributed by atoms with E-state index in [1.54, 1.807) is 18.2 Å². The number of halogens is 2. The van der Waals surface area contributed by atoms with Crippen molar-refractivity contribution in [2.75, 3.05) is 6.79 Å². The summed E-state index contributed by atoms with van der Waals surface area (Å²) < 4.78 is 10.6. The first-order valence-electron chi connectivity index (χ1n) is 7.41. The second-order valence-corrected chi connectivity index (χ2v) is 6.24. The summed E-state index contributed by atoms with van der Waals surface area (Å²) in [5.74, 6) is 1.40. The number of urea groups is 1. The zero-order valence-corrected chi connectivity index (χ0v) is 14.4. The number of ether oxygens (including phenoxy) is 2. The summed E-state index contributed by atoms with van der Waals surface area (Å²) in [7, 11) is 0. The smallest absolute Gasteiger partial charge is 0.315 e. The van der Waals surface area contributed by atoms with Crippen LogP contribution in [0.25, 0.3) is 0 Å². The first-order chi connectivity index (χ1) is 11.5. The van der Waals surface area contributed by atoms with Crippen LogP contribution in [0.15, 0.2) is 36.4 Å². The molecule has 0 aliphatic carbocycles. The lowest BCUT2D eigenvalue weighted by Gasteiger charge is -2.16. The van der Waals surface area contributed by atoms with Crippen molar-refractivity contribution in [1.29, 1.82) is 0 Å². The Kier molecular flexibility index (Phi) is 5.02. The Bertz CT molecular complexity index is 767. The molecule has 1 atom stereocenters. The van der Waals surface area contributed by atoms with Gasteiger partial charge >= 0.3 is 6.03 Å². The molecule has 1 heterocycles. The second kappa shape index (κ2) is 7.20. The predicted molar refractivity (Wildman–Crippen MR) is 92.8 cm³/mol. The van der Waals surface area contributed by atoms with Crippen molar-refractivity contribution in [3.8, 4) is 11.5 Å². The van der Waals surface area contributed by atoms with Gasteiger partial charge in [0.05, 0.1) is 6.04 Å². The number of hydrogen-bond acceptors (Lipinski definition) is 3. The van der Waals surface area contributed by atoms with Gasteiger partial charge in [0.2, 0.25) is 6.79 Å². The standard InChI is InChI=1S/C17H16Cl2N2O3/c1-10(11-3-5-15-16(6-11)24-9-23-15)21-17(22)20-8-12-2-4-13(18)7-14(12)19/h2-7,10H,8-9H2,1H3,(H2,20,21,22). The number of carbonyl (C=O) groups excluding carboxylic acids is 1. The Morgan fingerprint density at radius 3 is 2.75 bits per heavy atom. The van der Waals surface area contributed by atoms with Crippen molar-refractivity contribution >= 4 is 29.2 Å². The van der Waals surface area contributed by atoms with E-state index in [0.717, 1.165) is 11.1 Å². The largest absolute Gasteiger partial charge is 0.454 e. The quantitative estimate of drug-likeness (QED) is 0.848. The van der Waals surface area contributed by atoms with Gasteiger partial charge in [-0.2, -0.15) is 0 Å². The van der Waals surface area contributed by atoms with Crippen molar-refractivity contribution in [3.63, 3.8) is 0 Å². The van der Waals surface area contributed by atoms with E-state index in [4.69, 9.17) is 32.7 Å². The van der Waals surface area contributed by atoms with E-state index in [2.05, 4.69) is 10.6 Å². The van der Waals surface area contributed by atoms with E-state index < -0.39 is 0 Å². The number of nitrogens with one attached hydrogen (secondary N) is 2. The maximum atomic E-state index is 12.1. The van der Waals surface area contributed by atoms with Crippen molar-refractivity contribution in [2.24, 2.45) is 0 Å². The molecule has 0 aromatic heterocycles. The fourth-order valence-electron chi connectivity index (χ4n) is 2.35. The fourth-order valence-corrected chi connectivity index (χ4v) is 2.83. The first-order valence-corrected chi connectivity index (χ1v) is 8.16. The average Bonchev–Trinajstić information content (AvgIpc) is 3.01. The van der Waals surface area contributed by atoms with E-state index in [1.165, 1.54) is 0 Å². The third kappa shape index (κ3) is 3.86. The maximum absolute atomic E-state index is 12.1. The average molecular weight is 367 g/mol. The summed E-state index contributed by atoms with van der Waals surface area (Å²) in [6.45, 7) is 2.44. The van der Waals surface area contributed by atoms with E-state index >= 15 is 0 Å². The molecule has 1 unspecified atom stereocenters. The highest BCUT2D eigenvalue weighted by Gasteiger charge is 2.16. The Morgan fingerprint density at radius 1 is 1.17 bits per heavy atom.